The first-order valence-electron chi connectivity index (χ1n) is 5.68. The van der Waals surface area contributed by atoms with E-state index in [4.69, 9.17) is 4.74 Å². The van der Waals surface area contributed by atoms with E-state index in [1.54, 1.807) is 0 Å². The molecule has 1 heterocycles. The molecular formula is C13H17NO2. The topological polar surface area (TPSA) is 38.3 Å². The molecule has 0 saturated carbocycles. The van der Waals surface area contributed by atoms with Crippen LogP contribution < -0.4 is 5.32 Å². The normalized spacial score (nSPS) is 22.7. The van der Waals surface area contributed by atoms with Crippen LogP contribution in [-0.4, -0.2) is 26.0 Å². The van der Waals surface area contributed by atoms with E-state index >= 15 is 0 Å². The summed E-state index contributed by atoms with van der Waals surface area (Å²) >= 11 is 0. The molecule has 1 saturated heterocycles. The molecule has 1 aliphatic heterocycles. The van der Waals surface area contributed by atoms with E-state index < -0.39 is 0 Å². The lowest BCUT2D eigenvalue weighted by Crippen LogP contribution is -2.33. The molecule has 0 radical (unpaired) electrons. The molecule has 1 aromatic rings. The van der Waals surface area contributed by atoms with Gasteiger partial charge in [-0.25, -0.2) is 0 Å². The van der Waals surface area contributed by atoms with E-state index in [2.05, 4.69) is 5.32 Å². The van der Waals surface area contributed by atoms with Crippen molar-refractivity contribution in [3.05, 3.63) is 35.4 Å². The lowest BCUT2D eigenvalue weighted by Gasteiger charge is -2.24. The van der Waals surface area contributed by atoms with E-state index in [9.17, 15) is 4.79 Å². The molecule has 1 aliphatic rings. The van der Waals surface area contributed by atoms with Gasteiger partial charge in [-0.15, -0.1) is 0 Å². The van der Waals surface area contributed by atoms with Crippen LogP contribution in [0, 0.1) is 0 Å². The number of morpholine rings is 1. The fourth-order valence-electron chi connectivity index (χ4n) is 1.87. The van der Waals surface area contributed by atoms with Crippen LogP contribution in [0.5, 0.6) is 0 Å². The Labute approximate surface area is 95.8 Å². The van der Waals surface area contributed by atoms with Crippen molar-refractivity contribution in [2.45, 2.75) is 18.9 Å². The minimum absolute atomic E-state index is 0.0283. The second kappa shape index (κ2) is 5.23. The van der Waals surface area contributed by atoms with Gasteiger partial charge >= 0.3 is 0 Å². The maximum Gasteiger partial charge on any atom is 0.127 e. The highest BCUT2D eigenvalue weighted by Crippen LogP contribution is 2.21. The third kappa shape index (κ3) is 2.49. The van der Waals surface area contributed by atoms with Crippen molar-refractivity contribution in [2.75, 3.05) is 19.7 Å². The minimum atomic E-state index is -0.0283. The lowest BCUT2D eigenvalue weighted by molar-refractivity contribution is -0.108. The van der Waals surface area contributed by atoms with E-state index in [0.29, 0.717) is 0 Å². The van der Waals surface area contributed by atoms with E-state index in [1.807, 2.05) is 31.2 Å². The standard InChI is InChI=1S/C13H17NO2/c1-10(9-15)11-2-4-12(5-3-11)13-8-14-6-7-16-13/h2-5,9-10,13-14H,6-8H2,1H3. The Morgan fingerprint density at radius 1 is 1.44 bits per heavy atom. The van der Waals surface area contributed by atoms with E-state index in [-0.39, 0.29) is 12.0 Å². The number of hydrogen-bond donors (Lipinski definition) is 1. The maximum atomic E-state index is 10.7. The fourth-order valence-corrected chi connectivity index (χ4v) is 1.87. The first-order chi connectivity index (χ1) is 7.81. The van der Waals surface area contributed by atoms with Crippen LogP contribution in [0.2, 0.25) is 0 Å². The number of nitrogens with one attached hydrogen (secondary N) is 1. The summed E-state index contributed by atoms with van der Waals surface area (Å²) in [6.07, 6.45) is 1.11. The highest BCUT2D eigenvalue weighted by atomic mass is 16.5. The van der Waals surface area contributed by atoms with Gasteiger partial charge in [-0.1, -0.05) is 31.2 Å². The summed E-state index contributed by atoms with van der Waals surface area (Å²) < 4.78 is 5.66. The number of aldehydes is 1. The summed E-state index contributed by atoms with van der Waals surface area (Å²) in [6.45, 7) is 4.46. The highest BCUT2D eigenvalue weighted by Gasteiger charge is 2.15. The van der Waals surface area contributed by atoms with Crippen molar-refractivity contribution in [1.82, 2.24) is 5.32 Å². The number of benzene rings is 1. The first kappa shape index (κ1) is 11.3. The molecule has 3 heteroatoms. The van der Waals surface area contributed by atoms with Crippen LogP contribution in [0.3, 0.4) is 0 Å². The molecule has 0 bridgehead atoms. The van der Waals surface area contributed by atoms with Gasteiger partial charge in [0.2, 0.25) is 0 Å². The Balaban J connectivity index is 2.08. The molecule has 1 N–H and O–H groups in total. The highest BCUT2D eigenvalue weighted by molar-refractivity contribution is 5.61. The molecule has 1 aromatic carbocycles. The van der Waals surface area contributed by atoms with Crippen molar-refractivity contribution in [2.24, 2.45) is 0 Å². The molecule has 0 aromatic heterocycles. The predicted molar refractivity (Wildman–Crippen MR) is 62.5 cm³/mol. The monoisotopic (exact) mass is 219 g/mol. The Kier molecular flexibility index (Phi) is 3.70. The van der Waals surface area contributed by atoms with Crippen molar-refractivity contribution >= 4 is 6.29 Å². The maximum absolute atomic E-state index is 10.7. The lowest BCUT2D eigenvalue weighted by atomic mass is 9.99. The molecule has 0 amide bonds. The number of carbonyl (C=O) groups excluding carboxylic acids is 1. The van der Waals surface area contributed by atoms with Crippen molar-refractivity contribution < 1.29 is 9.53 Å². The number of hydrogen-bond acceptors (Lipinski definition) is 3. The van der Waals surface area contributed by atoms with Gasteiger partial charge in [0.05, 0.1) is 12.7 Å². The average Bonchev–Trinajstić information content (AvgIpc) is 2.39. The molecule has 1 fully saturated rings. The fraction of sp³-hybridized carbons (Fsp3) is 0.462. The molecule has 0 aliphatic carbocycles. The zero-order valence-corrected chi connectivity index (χ0v) is 9.48. The molecule has 3 nitrogen and oxygen atoms in total. The summed E-state index contributed by atoms with van der Waals surface area (Å²) in [7, 11) is 0. The summed E-state index contributed by atoms with van der Waals surface area (Å²) in [5.41, 5.74) is 2.23. The Morgan fingerprint density at radius 3 is 2.75 bits per heavy atom. The molecule has 86 valence electrons. The van der Waals surface area contributed by atoms with Crippen LogP contribution in [-0.2, 0) is 9.53 Å². The van der Waals surface area contributed by atoms with Crippen molar-refractivity contribution in [3.63, 3.8) is 0 Å². The summed E-state index contributed by atoms with van der Waals surface area (Å²) in [6, 6.07) is 8.11. The van der Waals surface area contributed by atoms with Gasteiger partial charge in [0, 0.05) is 19.0 Å². The molecule has 0 spiro atoms. The minimum Gasteiger partial charge on any atom is -0.371 e. The molecule has 2 unspecified atom stereocenters. The number of carbonyl (C=O) groups is 1. The van der Waals surface area contributed by atoms with Crippen LogP contribution in [0.1, 0.15) is 30.1 Å². The smallest absolute Gasteiger partial charge is 0.127 e. The predicted octanol–water partition coefficient (Wildman–Crippen LogP) is 1.65. The quantitative estimate of drug-likeness (QED) is 0.786. The Morgan fingerprint density at radius 2 is 2.19 bits per heavy atom. The van der Waals surface area contributed by atoms with E-state index in [0.717, 1.165) is 31.5 Å². The second-order valence-electron chi connectivity index (χ2n) is 4.15. The van der Waals surface area contributed by atoms with Crippen LogP contribution in [0.4, 0.5) is 0 Å². The van der Waals surface area contributed by atoms with Crippen LogP contribution >= 0.6 is 0 Å². The third-order valence-electron chi connectivity index (χ3n) is 2.97. The van der Waals surface area contributed by atoms with Gasteiger partial charge < -0.3 is 14.8 Å². The zero-order valence-electron chi connectivity index (χ0n) is 9.48. The summed E-state index contributed by atoms with van der Waals surface area (Å²) in [4.78, 5) is 10.7. The number of rotatable bonds is 3. The molecule has 2 atom stereocenters. The summed E-state index contributed by atoms with van der Waals surface area (Å²) in [5.74, 6) is -0.0283. The van der Waals surface area contributed by atoms with Gasteiger partial charge in [0.15, 0.2) is 0 Å². The van der Waals surface area contributed by atoms with Crippen LogP contribution in [0.25, 0.3) is 0 Å². The van der Waals surface area contributed by atoms with Gasteiger partial charge in [-0.3, -0.25) is 0 Å². The zero-order chi connectivity index (χ0) is 11.4. The molecule has 16 heavy (non-hydrogen) atoms. The first-order valence-corrected chi connectivity index (χ1v) is 5.68. The Bertz CT molecular complexity index is 341. The van der Waals surface area contributed by atoms with Gasteiger partial charge in [0.1, 0.15) is 6.29 Å². The van der Waals surface area contributed by atoms with Crippen molar-refractivity contribution in [3.8, 4) is 0 Å². The third-order valence-corrected chi connectivity index (χ3v) is 2.97. The summed E-state index contributed by atoms with van der Waals surface area (Å²) in [5, 5.41) is 3.30. The van der Waals surface area contributed by atoms with Crippen LogP contribution in [0.15, 0.2) is 24.3 Å². The number of ether oxygens (including phenoxy) is 1. The Hall–Kier alpha value is -1.19. The largest absolute Gasteiger partial charge is 0.371 e. The van der Waals surface area contributed by atoms with Gasteiger partial charge in [-0.2, -0.15) is 0 Å². The molecular weight excluding hydrogens is 202 g/mol. The van der Waals surface area contributed by atoms with Gasteiger partial charge in [-0.05, 0) is 11.1 Å². The average molecular weight is 219 g/mol. The second-order valence-corrected chi connectivity index (χ2v) is 4.15. The van der Waals surface area contributed by atoms with Crippen molar-refractivity contribution in [1.29, 1.82) is 0 Å². The molecule has 2 rings (SSSR count). The van der Waals surface area contributed by atoms with E-state index in [1.165, 1.54) is 5.56 Å². The van der Waals surface area contributed by atoms with Gasteiger partial charge in [0.25, 0.3) is 0 Å². The SMILES string of the molecule is CC(C=O)c1ccc(C2CNCCO2)cc1.